The number of nitrogens with one attached hydrogen (secondary N) is 1. The first-order valence-electron chi connectivity index (χ1n) is 7.78. The smallest absolute Gasteiger partial charge is 0.0568 e. The monoisotopic (exact) mass is 325 g/mol. The summed E-state index contributed by atoms with van der Waals surface area (Å²) in [5, 5.41) is 1.37. The molecule has 4 aromatic rings. The third-order valence-electron chi connectivity index (χ3n) is 4.07. The van der Waals surface area contributed by atoms with Crippen LogP contribution in [0.3, 0.4) is 0 Å². The van der Waals surface area contributed by atoms with E-state index in [9.17, 15) is 0 Å². The van der Waals surface area contributed by atoms with Gasteiger partial charge in [0.05, 0.1) is 10.2 Å². The van der Waals surface area contributed by atoms with Crippen molar-refractivity contribution in [2.45, 2.75) is 32.6 Å². The molecule has 1 nitrogen and oxygen atoms in total. The quantitative estimate of drug-likeness (QED) is 0.450. The van der Waals surface area contributed by atoms with Crippen molar-refractivity contribution < 1.29 is 0 Å². The van der Waals surface area contributed by atoms with E-state index in [0.29, 0.717) is 5.92 Å². The topological polar surface area (TPSA) is 15.8 Å². The summed E-state index contributed by atoms with van der Waals surface area (Å²) >= 11 is 3.84. The van der Waals surface area contributed by atoms with Gasteiger partial charge in [-0.25, -0.2) is 0 Å². The Morgan fingerprint density at radius 1 is 0.955 bits per heavy atom. The van der Waals surface area contributed by atoms with Crippen LogP contribution in [0, 0.1) is 0 Å². The molecule has 3 heterocycles. The van der Waals surface area contributed by atoms with Crippen molar-refractivity contribution in [1.29, 1.82) is 0 Å². The van der Waals surface area contributed by atoms with Crippen LogP contribution in [0.5, 0.6) is 0 Å². The molecule has 0 aliphatic rings. The number of aromatic nitrogens is 1. The first-order chi connectivity index (χ1) is 10.7. The molecule has 22 heavy (non-hydrogen) atoms. The molecule has 1 N–H and O–H groups in total. The zero-order valence-corrected chi connectivity index (χ0v) is 14.5. The average molecular weight is 326 g/mol. The Morgan fingerprint density at radius 2 is 1.82 bits per heavy atom. The van der Waals surface area contributed by atoms with Gasteiger partial charge in [-0.1, -0.05) is 32.0 Å². The lowest BCUT2D eigenvalue weighted by Gasteiger charge is -1.98. The Hall–Kier alpha value is -1.58. The maximum absolute atomic E-state index is 3.59. The van der Waals surface area contributed by atoms with E-state index in [-0.39, 0.29) is 0 Å². The maximum atomic E-state index is 3.59. The number of rotatable bonds is 4. The van der Waals surface area contributed by atoms with E-state index in [1.165, 1.54) is 35.8 Å². The molecule has 4 rings (SSSR count). The van der Waals surface area contributed by atoms with Crippen molar-refractivity contribution >= 4 is 43.0 Å². The first-order valence-corrected chi connectivity index (χ1v) is 9.41. The van der Waals surface area contributed by atoms with Crippen molar-refractivity contribution in [3.8, 4) is 0 Å². The van der Waals surface area contributed by atoms with Crippen LogP contribution in [0.4, 0.5) is 0 Å². The van der Waals surface area contributed by atoms with Gasteiger partial charge in [-0.3, -0.25) is 0 Å². The van der Waals surface area contributed by atoms with Crippen LogP contribution in [-0.2, 0) is 12.8 Å². The van der Waals surface area contributed by atoms with E-state index in [4.69, 9.17) is 0 Å². The van der Waals surface area contributed by atoms with Crippen LogP contribution < -0.4 is 0 Å². The molecule has 0 fully saturated rings. The molecule has 0 unspecified atom stereocenters. The van der Waals surface area contributed by atoms with Crippen molar-refractivity contribution in [2.24, 2.45) is 0 Å². The normalized spacial score (nSPS) is 12.0. The van der Waals surface area contributed by atoms with Gasteiger partial charge in [0.25, 0.3) is 0 Å². The van der Waals surface area contributed by atoms with Gasteiger partial charge in [0.15, 0.2) is 0 Å². The van der Waals surface area contributed by atoms with E-state index in [1.807, 2.05) is 22.7 Å². The number of aryl methyl sites for hydroxylation is 2. The van der Waals surface area contributed by atoms with Crippen molar-refractivity contribution in [3.05, 3.63) is 57.9 Å². The number of benzene rings is 1. The van der Waals surface area contributed by atoms with Gasteiger partial charge in [-0.15, -0.1) is 22.7 Å². The lowest BCUT2D eigenvalue weighted by atomic mass is 10.2. The fraction of sp³-hybridized carbons (Fsp3) is 0.263. The number of fused-ring (bicyclic) bond motifs is 2. The van der Waals surface area contributed by atoms with Crippen LogP contribution in [0.2, 0.25) is 0 Å². The lowest BCUT2D eigenvalue weighted by Crippen LogP contribution is -1.88. The van der Waals surface area contributed by atoms with E-state index in [2.05, 4.69) is 61.3 Å². The van der Waals surface area contributed by atoms with E-state index >= 15 is 0 Å². The molecule has 0 amide bonds. The third-order valence-corrected chi connectivity index (χ3v) is 6.63. The highest BCUT2D eigenvalue weighted by Crippen LogP contribution is 2.32. The number of thiophene rings is 2. The lowest BCUT2D eigenvalue weighted by molar-refractivity contribution is 0.889. The SMILES string of the molecule is CC(C)c1cc2[nH]c(CCc3cc4ccccc4s3)cc2s1. The zero-order valence-electron chi connectivity index (χ0n) is 12.8. The van der Waals surface area contributed by atoms with Crippen molar-refractivity contribution in [1.82, 2.24) is 4.98 Å². The van der Waals surface area contributed by atoms with E-state index in [0.717, 1.165) is 12.8 Å². The molecule has 1 aromatic carbocycles. The molecule has 0 aliphatic heterocycles. The van der Waals surface area contributed by atoms with Crippen LogP contribution >= 0.6 is 22.7 Å². The molecule has 0 spiro atoms. The molecule has 112 valence electrons. The molecule has 0 saturated heterocycles. The zero-order chi connectivity index (χ0) is 15.1. The molecule has 3 heteroatoms. The van der Waals surface area contributed by atoms with Crippen molar-refractivity contribution in [3.63, 3.8) is 0 Å². The summed E-state index contributed by atoms with van der Waals surface area (Å²) in [4.78, 5) is 6.53. The van der Waals surface area contributed by atoms with Gasteiger partial charge in [0.1, 0.15) is 0 Å². The first kappa shape index (κ1) is 14.0. The Labute approximate surface area is 138 Å². The number of hydrogen-bond donors (Lipinski definition) is 1. The number of aromatic amines is 1. The highest BCUT2D eigenvalue weighted by Gasteiger charge is 2.09. The second kappa shape index (κ2) is 5.56. The fourth-order valence-electron chi connectivity index (χ4n) is 2.83. The number of hydrogen-bond acceptors (Lipinski definition) is 2. The maximum Gasteiger partial charge on any atom is 0.0568 e. The average Bonchev–Trinajstić information content (AvgIpc) is 3.16. The minimum Gasteiger partial charge on any atom is -0.358 e. The van der Waals surface area contributed by atoms with Gasteiger partial charge in [-0.2, -0.15) is 0 Å². The Morgan fingerprint density at radius 3 is 2.59 bits per heavy atom. The summed E-state index contributed by atoms with van der Waals surface area (Å²) in [7, 11) is 0. The third kappa shape index (κ3) is 2.59. The largest absolute Gasteiger partial charge is 0.358 e. The predicted octanol–water partition coefficient (Wildman–Crippen LogP) is 6.35. The predicted molar refractivity (Wildman–Crippen MR) is 99.5 cm³/mol. The molecule has 0 atom stereocenters. The summed E-state index contributed by atoms with van der Waals surface area (Å²) in [6.45, 7) is 4.51. The van der Waals surface area contributed by atoms with E-state index < -0.39 is 0 Å². The summed E-state index contributed by atoms with van der Waals surface area (Å²) < 4.78 is 2.79. The summed E-state index contributed by atoms with van der Waals surface area (Å²) in [6.07, 6.45) is 2.20. The Balaban J connectivity index is 1.52. The van der Waals surface area contributed by atoms with Gasteiger partial charge in [0, 0.05) is 20.1 Å². The Kier molecular flexibility index (Phi) is 3.55. The van der Waals surface area contributed by atoms with E-state index in [1.54, 1.807) is 0 Å². The van der Waals surface area contributed by atoms with Crippen LogP contribution in [0.25, 0.3) is 20.3 Å². The summed E-state index contributed by atoms with van der Waals surface area (Å²) in [6, 6.07) is 15.6. The molecule has 0 aliphatic carbocycles. The summed E-state index contributed by atoms with van der Waals surface area (Å²) in [5.41, 5.74) is 2.66. The van der Waals surface area contributed by atoms with Crippen LogP contribution in [0.1, 0.15) is 35.2 Å². The van der Waals surface area contributed by atoms with Crippen LogP contribution in [0.15, 0.2) is 42.5 Å². The molecular weight excluding hydrogens is 306 g/mol. The highest BCUT2D eigenvalue weighted by atomic mass is 32.1. The van der Waals surface area contributed by atoms with Gasteiger partial charge in [0.2, 0.25) is 0 Å². The molecular formula is C19H19NS2. The minimum absolute atomic E-state index is 0.618. The fourth-order valence-corrected chi connectivity index (χ4v) is 4.99. The minimum atomic E-state index is 0.618. The van der Waals surface area contributed by atoms with Crippen LogP contribution in [-0.4, -0.2) is 4.98 Å². The number of H-pyrrole nitrogens is 1. The Bertz CT molecular complexity index is 859. The van der Waals surface area contributed by atoms with Crippen molar-refractivity contribution in [2.75, 3.05) is 0 Å². The molecule has 0 saturated carbocycles. The van der Waals surface area contributed by atoms with Gasteiger partial charge in [-0.05, 0) is 48.4 Å². The second-order valence-electron chi connectivity index (χ2n) is 6.13. The molecule has 0 bridgehead atoms. The van der Waals surface area contributed by atoms with Gasteiger partial charge >= 0.3 is 0 Å². The standard InChI is InChI=1S/C19H19NS2/c1-12(2)18-11-16-19(22-18)10-14(20-16)7-8-15-9-13-5-3-4-6-17(13)21-15/h3-6,9-12,20H,7-8H2,1-2H3. The van der Waals surface area contributed by atoms with Gasteiger partial charge < -0.3 is 4.98 Å². The molecule has 0 radical (unpaired) electrons. The molecule has 3 aromatic heterocycles. The summed E-state index contributed by atoms with van der Waals surface area (Å²) in [5.74, 6) is 0.618. The second-order valence-corrected chi connectivity index (χ2v) is 8.41. The highest BCUT2D eigenvalue weighted by molar-refractivity contribution is 7.19.